The molecule has 1 heterocycles. The fourth-order valence-corrected chi connectivity index (χ4v) is 2.83. The zero-order valence-corrected chi connectivity index (χ0v) is 13.6. The van der Waals surface area contributed by atoms with Crippen LogP contribution in [0.25, 0.3) is 0 Å². The van der Waals surface area contributed by atoms with Crippen LogP contribution >= 0.6 is 0 Å². The Balaban J connectivity index is 1.64. The highest BCUT2D eigenvalue weighted by Gasteiger charge is 2.23. The standard InChI is InChI=1S/C19H27NO2/c1-2-3-4-5-6-7-8-18-14-22-19(15-21-18)17-11-9-16(13-20)10-12-17/h9-12,18-19H,2-8,14-15H2,1H3/t18-,19-/m1/s1. The molecule has 2 rings (SSSR count). The molecule has 22 heavy (non-hydrogen) atoms. The SMILES string of the molecule is CCCCCCCC[C@@H]1CO[C@@H](c2ccc(C#N)cc2)CO1. The first kappa shape index (κ1) is 17.0. The summed E-state index contributed by atoms with van der Waals surface area (Å²) in [5.74, 6) is 0. The van der Waals surface area contributed by atoms with Gasteiger partial charge in [-0.05, 0) is 24.1 Å². The highest BCUT2D eigenvalue weighted by atomic mass is 16.6. The maximum Gasteiger partial charge on any atom is 0.106 e. The molecular formula is C19H27NO2. The fraction of sp³-hybridized carbons (Fsp3) is 0.632. The second-order valence-electron chi connectivity index (χ2n) is 6.07. The number of nitriles is 1. The van der Waals surface area contributed by atoms with Gasteiger partial charge < -0.3 is 9.47 Å². The molecule has 0 aromatic heterocycles. The summed E-state index contributed by atoms with van der Waals surface area (Å²) in [6, 6.07) is 9.72. The van der Waals surface area contributed by atoms with Gasteiger partial charge in [-0.15, -0.1) is 0 Å². The molecular weight excluding hydrogens is 274 g/mol. The van der Waals surface area contributed by atoms with Crippen LogP contribution in [0.1, 0.15) is 69.1 Å². The average Bonchev–Trinajstić information content (AvgIpc) is 2.59. The number of hydrogen-bond donors (Lipinski definition) is 0. The Morgan fingerprint density at radius 1 is 1.00 bits per heavy atom. The molecule has 1 aliphatic heterocycles. The van der Waals surface area contributed by atoms with E-state index in [0.717, 1.165) is 12.0 Å². The van der Waals surface area contributed by atoms with Crippen molar-refractivity contribution >= 4 is 0 Å². The van der Waals surface area contributed by atoms with Crippen molar-refractivity contribution in [3.8, 4) is 6.07 Å². The zero-order chi connectivity index (χ0) is 15.6. The number of nitrogens with zero attached hydrogens (tertiary/aromatic N) is 1. The van der Waals surface area contributed by atoms with Gasteiger partial charge in [0.1, 0.15) is 6.10 Å². The summed E-state index contributed by atoms with van der Waals surface area (Å²) in [5, 5.41) is 8.82. The normalized spacial score (nSPS) is 21.5. The van der Waals surface area contributed by atoms with Gasteiger partial charge in [-0.3, -0.25) is 0 Å². The van der Waals surface area contributed by atoms with Crippen LogP contribution in [0.2, 0.25) is 0 Å². The number of ether oxygens (including phenoxy) is 2. The molecule has 0 bridgehead atoms. The molecule has 2 atom stereocenters. The third kappa shape index (κ3) is 5.44. The van der Waals surface area contributed by atoms with E-state index >= 15 is 0 Å². The van der Waals surface area contributed by atoms with Gasteiger partial charge in [0.05, 0.1) is 31.0 Å². The minimum absolute atomic E-state index is 0.00791. The van der Waals surface area contributed by atoms with Gasteiger partial charge in [0.15, 0.2) is 0 Å². The predicted octanol–water partition coefficient (Wildman–Crippen LogP) is 4.77. The van der Waals surface area contributed by atoms with Crippen molar-refractivity contribution in [3.05, 3.63) is 35.4 Å². The molecule has 1 aromatic carbocycles. The summed E-state index contributed by atoms with van der Waals surface area (Å²) in [6.45, 7) is 3.55. The Hall–Kier alpha value is -1.37. The summed E-state index contributed by atoms with van der Waals surface area (Å²) in [5.41, 5.74) is 1.78. The molecule has 0 N–H and O–H groups in total. The van der Waals surface area contributed by atoms with Crippen molar-refractivity contribution in [2.45, 2.75) is 64.1 Å². The first-order valence-corrected chi connectivity index (χ1v) is 8.56. The van der Waals surface area contributed by atoms with Gasteiger partial charge in [0.25, 0.3) is 0 Å². The summed E-state index contributed by atoms with van der Waals surface area (Å²) < 4.78 is 11.9. The Kier molecular flexibility index (Phi) is 7.42. The number of hydrogen-bond acceptors (Lipinski definition) is 3. The second-order valence-corrected chi connectivity index (χ2v) is 6.07. The van der Waals surface area contributed by atoms with Gasteiger partial charge in [0, 0.05) is 0 Å². The number of rotatable bonds is 8. The van der Waals surface area contributed by atoms with E-state index in [0.29, 0.717) is 18.8 Å². The molecule has 0 aliphatic carbocycles. The van der Waals surface area contributed by atoms with E-state index in [9.17, 15) is 0 Å². The molecule has 1 fully saturated rings. The lowest BCUT2D eigenvalue weighted by Crippen LogP contribution is -2.31. The smallest absolute Gasteiger partial charge is 0.106 e. The maximum atomic E-state index is 8.82. The van der Waals surface area contributed by atoms with Crippen molar-refractivity contribution in [2.24, 2.45) is 0 Å². The molecule has 3 nitrogen and oxygen atoms in total. The maximum absolute atomic E-state index is 8.82. The van der Waals surface area contributed by atoms with Gasteiger partial charge in [-0.2, -0.15) is 5.26 Å². The average molecular weight is 301 g/mol. The van der Waals surface area contributed by atoms with Gasteiger partial charge in [0.2, 0.25) is 0 Å². The van der Waals surface area contributed by atoms with Gasteiger partial charge in [-0.25, -0.2) is 0 Å². The summed E-state index contributed by atoms with van der Waals surface area (Å²) >= 11 is 0. The number of benzene rings is 1. The first-order chi connectivity index (χ1) is 10.8. The third-order valence-corrected chi connectivity index (χ3v) is 4.26. The number of unbranched alkanes of at least 4 members (excludes halogenated alkanes) is 5. The predicted molar refractivity (Wildman–Crippen MR) is 87.6 cm³/mol. The minimum atomic E-state index is 0.00791. The Labute approximate surface area is 134 Å². The van der Waals surface area contributed by atoms with Crippen molar-refractivity contribution < 1.29 is 9.47 Å². The highest BCUT2D eigenvalue weighted by molar-refractivity contribution is 5.32. The van der Waals surface area contributed by atoms with Crippen molar-refractivity contribution in [1.82, 2.24) is 0 Å². The topological polar surface area (TPSA) is 42.2 Å². The van der Waals surface area contributed by atoms with Crippen molar-refractivity contribution in [3.63, 3.8) is 0 Å². The molecule has 3 heteroatoms. The van der Waals surface area contributed by atoms with E-state index in [1.807, 2.05) is 24.3 Å². The highest BCUT2D eigenvalue weighted by Crippen LogP contribution is 2.25. The van der Waals surface area contributed by atoms with E-state index < -0.39 is 0 Å². The first-order valence-electron chi connectivity index (χ1n) is 8.56. The largest absolute Gasteiger partial charge is 0.373 e. The van der Waals surface area contributed by atoms with Gasteiger partial charge in [-0.1, -0.05) is 57.6 Å². The monoisotopic (exact) mass is 301 g/mol. The van der Waals surface area contributed by atoms with Crippen LogP contribution in [0.15, 0.2) is 24.3 Å². The summed E-state index contributed by atoms with van der Waals surface area (Å²) in [7, 11) is 0. The van der Waals surface area contributed by atoms with Crippen molar-refractivity contribution in [2.75, 3.05) is 13.2 Å². The molecule has 0 spiro atoms. The van der Waals surface area contributed by atoms with E-state index in [2.05, 4.69) is 13.0 Å². The molecule has 0 unspecified atom stereocenters. The quantitative estimate of drug-likeness (QED) is 0.650. The molecule has 1 saturated heterocycles. The third-order valence-electron chi connectivity index (χ3n) is 4.26. The molecule has 1 aromatic rings. The van der Waals surface area contributed by atoms with Crippen LogP contribution in [-0.4, -0.2) is 19.3 Å². The van der Waals surface area contributed by atoms with Crippen LogP contribution in [0.4, 0.5) is 0 Å². The van der Waals surface area contributed by atoms with E-state index in [-0.39, 0.29) is 12.2 Å². The van der Waals surface area contributed by atoms with Crippen LogP contribution in [0.3, 0.4) is 0 Å². The van der Waals surface area contributed by atoms with Crippen molar-refractivity contribution in [1.29, 1.82) is 5.26 Å². The second kappa shape index (κ2) is 9.61. The van der Waals surface area contributed by atoms with E-state index in [1.165, 1.54) is 38.5 Å². The lowest BCUT2D eigenvalue weighted by molar-refractivity contribution is -0.137. The lowest BCUT2D eigenvalue weighted by atomic mass is 10.0. The molecule has 0 saturated carbocycles. The lowest BCUT2D eigenvalue weighted by Gasteiger charge is -2.30. The van der Waals surface area contributed by atoms with E-state index in [1.54, 1.807) is 0 Å². The molecule has 120 valence electrons. The zero-order valence-electron chi connectivity index (χ0n) is 13.6. The van der Waals surface area contributed by atoms with Crippen LogP contribution < -0.4 is 0 Å². The summed E-state index contributed by atoms with van der Waals surface area (Å²) in [6.07, 6.45) is 9.26. The Morgan fingerprint density at radius 3 is 2.36 bits per heavy atom. The molecule has 0 radical (unpaired) electrons. The Morgan fingerprint density at radius 2 is 1.73 bits per heavy atom. The summed E-state index contributed by atoms with van der Waals surface area (Å²) in [4.78, 5) is 0. The van der Waals surface area contributed by atoms with Crippen LogP contribution in [-0.2, 0) is 9.47 Å². The fourth-order valence-electron chi connectivity index (χ4n) is 2.83. The van der Waals surface area contributed by atoms with Crippen LogP contribution in [0.5, 0.6) is 0 Å². The van der Waals surface area contributed by atoms with Crippen LogP contribution in [0, 0.1) is 11.3 Å². The van der Waals surface area contributed by atoms with E-state index in [4.69, 9.17) is 14.7 Å². The minimum Gasteiger partial charge on any atom is -0.373 e. The van der Waals surface area contributed by atoms with Gasteiger partial charge >= 0.3 is 0 Å². The molecule has 0 amide bonds. The molecule has 1 aliphatic rings. The Bertz CT molecular complexity index is 455.